The minimum Gasteiger partial charge on any atom is -0.481 e. The van der Waals surface area contributed by atoms with Crippen molar-refractivity contribution in [2.45, 2.75) is 51.4 Å². The number of carboxylic acid groups (broad SMARTS) is 1. The lowest BCUT2D eigenvalue weighted by molar-refractivity contribution is -0.156. The standard InChI is InChI=1S/C17H25NO3/c19-15(20)6-11-1-2-18(10-11)16(21)17-7-12-3-13(8-17)5-14(4-12)9-17/h11-14H,1-10H2,(H,19,20). The topological polar surface area (TPSA) is 57.6 Å². The van der Waals surface area contributed by atoms with E-state index < -0.39 is 5.97 Å². The molecular weight excluding hydrogens is 266 g/mol. The SMILES string of the molecule is O=C(O)CC1CCN(C(=O)C23CC4CC(CC(C4)C2)C3)C1. The van der Waals surface area contributed by atoms with E-state index in [9.17, 15) is 9.59 Å². The molecule has 1 unspecified atom stereocenters. The summed E-state index contributed by atoms with van der Waals surface area (Å²) in [6.07, 6.45) is 8.47. The molecule has 1 saturated heterocycles. The Labute approximate surface area is 125 Å². The third-order valence-corrected chi connectivity index (χ3v) is 6.53. The number of rotatable bonds is 3. The minimum absolute atomic E-state index is 0.0626. The fourth-order valence-corrected chi connectivity index (χ4v) is 6.14. The maximum atomic E-state index is 13.1. The second kappa shape index (κ2) is 4.72. The van der Waals surface area contributed by atoms with Crippen LogP contribution in [0.4, 0.5) is 0 Å². The summed E-state index contributed by atoms with van der Waals surface area (Å²) in [7, 11) is 0. The van der Waals surface area contributed by atoms with Crippen LogP contribution in [-0.2, 0) is 9.59 Å². The largest absolute Gasteiger partial charge is 0.481 e. The maximum absolute atomic E-state index is 13.1. The quantitative estimate of drug-likeness (QED) is 0.869. The van der Waals surface area contributed by atoms with Crippen molar-refractivity contribution in [2.24, 2.45) is 29.1 Å². The van der Waals surface area contributed by atoms with Gasteiger partial charge in [0, 0.05) is 19.5 Å². The summed E-state index contributed by atoms with van der Waals surface area (Å²) in [5, 5.41) is 8.93. The van der Waals surface area contributed by atoms with Crippen molar-refractivity contribution in [3.63, 3.8) is 0 Å². The molecule has 0 aromatic carbocycles. The molecule has 1 atom stereocenters. The normalized spacial score (nSPS) is 44.3. The van der Waals surface area contributed by atoms with Gasteiger partial charge >= 0.3 is 5.97 Å². The molecule has 5 aliphatic rings. The van der Waals surface area contributed by atoms with E-state index in [4.69, 9.17) is 5.11 Å². The monoisotopic (exact) mass is 291 g/mol. The lowest BCUT2D eigenvalue weighted by Gasteiger charge is -2.56. The molecule has 4 nitrogen and oxygen atoms in total. The number of amides is 1. The van der Waals surface area contributed by atoms with Gasteiger partial charge in [-0.2, -0.15) is 0 Å². The van der Waals surface area contributed by atoms with E-state index in [1.165, 1.54) is 19.3 Å². The molecule has 21 heavy (non-hydrogen) atoms. The highest BCUT2D eigenvalue weighted by Crippen LogP contribution is 2.60. The van der Waals surface area contributed by atoms with Gasteiger partial charge in [0.2, 0.25) is 5.91 Å². The molecule has 1 N–H and O–H groups in total. The van der Waals surface area contributed by atoms with Crippen LogP contribution < -0.4 is 0 Å². The molecule has 0 spiro atoms. The average molecular weight is 291 g/mol. The molecule has 4 saturated carbocycles. The molecule has 1 amide bonds. The molecule has 0 aromatic heterocycles. The Hall–Kier alpha value is -1.06. The Morgan fingerprint density at radius 2 is 1.62 bits per heavy atom. The number of aliphatic carboxylic acids is 1. The first-order valence-electron chi connectivity index (χ1n) is 8.55. The van der Waals surface area contributed by atoms with Gasteiger partial charge in [0.25, 0.3) is 0 Å². The second-order valence-corrected chi connectivity index (χ2v) is 8.20. The number of carbonyl (C=O) groups is 2. The highest BCUT2D eigenvalue weighted by Gasteiger charge is 2.55. The van der Waals surface area contributed by atoms with Crippen LogP contribution in [0.3, 0.4) is 0 Å². The van der Waals surface area contributed by atoms with Crippen LogP contribution in [0.1, 0.15) is 51.4 Å². The fourth-order valence-electron chi connectivity index (χ4n) is 6.14. The van der Waals surface area contributed by atoms with Crippen molar-refractivity contribution in [3.05, 3.63) is 0 Å². The van der Waals surface area contributed by atoms with Gasteiger partial charge in [-0.1, -0.05) is 0 Å². The lowest BCUT2D eigenvalue weighted by atomic mass is 9.49. The molecule has 5 fully saturated rings. The molecule has 0 radical (unpaired) electrons. The Balaban J connectivity index is 1.47. The van der Waals surface area contributed by atoms with Crippen LogP contribution in [0.5, 0.6) is 0 Å². The van der Waals surface area contributed by atoms with Crippen molar-refractivity contribution in [2.75, 3.05) is 13.1 Å². The highest BCUT2D eigenvalue weighted by atomic mass is 16.4. The van der Waals surface area contributed by atoms with Gasteiger partial charge in [-0.05, 0) is 68.6 Å². The van der Waals surface area contributed by atoms with Crippen molar-refractivity contribution in [1.29, 1.82) is 0 Å². The molecule has 5 rings (SSSR count). The molecule has 1 aliphatic heterocycles. The van der Waals surface area contributed by atoms with Gasteiger partial charge < -0.3 is 10.0 Å². The predicted octanol–water partition coefficient (Wildman–Crippen LogP) is 2.53. The van der Waals surface area contributed by atoms with E-state index >= 15 is 0 Å². The van der Waals surface area contributed by atoms with Crippen LogP contribution in [0.25, 0.3) is 0 Å². The minimum atomic E-state index is -0.732. The zero-order valence-corrected chi connectivity index (χ0v) is 12.6. The first-order valence-corrected chi connectivity index (χ1v) is 8.55. The second-order valence-electron chi connectivity index (χ2n) is 8.20. The maximum Gasteiger partial charge on any atom is 0.303 e. The van der Waals surface area contributed by atoms with E-state index in [1.807, 2.05) is 4.90 Å². The van der Waals surface area contributed by atoms with Crippen LogP contribution >= 0.6 is 0 Å². The van der Waals surface area contributed by atoms with Crippen molar-refractivity contribution >= 4 is 11.9 Å². The van der Waals surface area contributed by atoms with Gasteiger partial charge in [-0.25, -0.2) is 0 Å². The molecule has 4 heteroatoms. The Bertz CT molecular complexity index is 437. The highest BCUT2D eigenvalue weighted by molar-refractivity contribution is 5.83. The summed E-state index contributed by atoms with van der Waals surface area (Å²) < 4.78 is 0. The molecule has 4 aliphatic carbocycles. The van der Waals surface area contributed by atoms with Gasteiger partial charge in [0.15, 0.2) is 0 Å². The number of nitrogens with zero attached hydrogens (tertiary/aromatic N) is 1. The van der Waals surface area contributed by atoms with E-state index in [0.29, 0.717) is 12.5 Å². The fraction of sp³-hybridized carbons (Fsp3) is 0.882. The number of likely N-dealkylation sites (tertiary alicyclic amines) is 1. The third-order valence-electron chi connectivity index (χ3n) is 6.53. The van der Waals surface area contributed by atoms with Crippen LogP contribution in [0.2, 0.25) is 0 Å². The van der Waals surface area contributed by atoms with E-state index in [1.54, 1.807) is 0 Å². The van der Waals surface area contributed by atoms with Gasteiger partial charge in [-0.15, -0.1) is 0 Å². The molecule has 4 bridgehead atoms. The number of carbonyl (C=O) groups excluding carboxylic acids is 1. The van der Waals surface area contributed by atoms with E-state index in [0.717, 1.165) is 50.0 Å². The van der Waals surface area contributed by atoms with Crippen LogP contribution in [0, 0.1) is 29.1 Å². The lowest BCUT2D eigenvalue weighted by Crippen LogP contribution is -2.54. The summed E-state index contributed by atoms with van der Waals surface area (Å²) in [6.45, 7) is 1.45. The van der Waals surface area contributed by atoms with Crippen molar-refractivity contribution < 1.29 is 14.7 Å². The number of carboxylic acids is 1. The van der Waals surface area contributed by atoms with E-state index in [2.05, 4.69) is 0 Å². The van der Waals surface area contributed by atoms with Gasteiger partial charge in [0.1, 0.15) is 0 Å². The van der Waals surface area contributed by atoms with E-state index in [-0.39, 0.29) is 17.8 Å². The molecular formula is C17H25NO3. The summed E-state index contributed by atoms with van der Waals surface area (Å²) in [4.78, 5) is 26.0. The average Bonchev–Trinajstić information content (AvgIpc) is 2.83. The Kier molecular flexibility index (Phi) is 3.05. The summed E-state index contributed by atoms with van der Waals surface area (Å²) in [5.41, 5.74) is -0.0626. The summed E-state index contributed by atoms with van der Waals surface area (Å²) >= 11 is 0. The number of hydrogen-bond donors (Lipinski definition) is 1. The van der Waals surface area contributed by atoms with Gasteiger partial charge in [0.05, 0.1) is 5.41 Å². The molecule has 116 valence electrons. The Morgan fingerprint density at radius 3 is 2.14 bits per heavy atom. The van der Waals surface area contributed by atoms with Gasteiger partial charge in [-0.3, -0.25) is 9.59 Å². The smallest absolute Gasteiger partial charge is 0.303 e. The summed E-state index contributed by atoms with van der Waals surface area (Å²) in [5.74, 6) is 2.17. The van der Waals surface area contributed by atoms with Crippen molar-refractivity contribution in [3.8, 4) is 0 Å². The van der Waals surface area contributed by atoms with Crippen LogP contribution in [-0.4, -0.2) is 35.0 Å². The Morgan fingerprint density at radius 1 is 1.05 bits per heavy atom. The van der Waals surface area contributed by atoms with Crippen molar-refractivity contribution in [1.82, 2.24) is 4.90 Å². The number of hydrogen-bond acceptors (Lipinski definition) is 2. The zero-order chi connectivity index (χ0) is 14.6. The molecule has 0 aromatic rings. The summed E-state index contributed by atoms with van der Waals surface area (Å²) in [6, 6.07) is 0. The zero-order valence-electron chi connectivity index (χ0n) is 12.6. The predicted molar refractivity (Wildman–Crippen MR) is 77.5 cm³/mol. The first-order chi connectivity index (χ1) is 10.0. The molecule has 1 heterocycles. The first kappa shape index (κ1) is 13.6. The third kappa shape index (κ3) is 2.27. The van der Waals surface area contributed by atoms with Crippen LogP contribution in [0.15, 0.2) is 0 Å².